The van der Waals surface area contributed by atoms with E-state index in [9.17, 15) is 14.4 Å². The van der Waals surface area contributed by atoms with E-state index in [2.05, 4.69) is 15.6 Å². The van der Waals surface area contributed by atoms with Crippen LogP contribution < -0.4 is 10.6 Å². The van der Waals surface area contributed by atoms with Gasteiger partial charge >= 0.3 is 6.03 Å². The molecular formula is C21H24N4O3S2. The number of rotatable bonds is 6. The first-order valence-corrected chi connectivity index (χ1v) is 11.8. The summed E-state index contributed by atoms with van der Waals surface area (Å²) in [4.78, 5) is 43.6. The lowest BCUT2D eigenvalue weighted by molar-refractivity contribution is -0.131. The molecule has 0 saturated carbocycles. The van der Waals surface area contributed by atoms with Gasteiger partial charge in [0.05, 0.1) is 5.75 Å². The minimum absolute atomic E-state index is 0.0255. The third kappa shape index (κ3) is 4.37. The van der Waals surface area contributed by atoms with Gasteiger partial charge in [-0.3, -0.25) is 14.9 Å². The summed E-state index contributed by atoms with van der Waals surface area (Å²) in [5.74, 6) is 0.158. The van der Waals surface area contributed by atoms with Crippen LogP contribution in [0.4, 0.5) is 4.79 Å². The SMILES string of the molecule is Cc1csc(SCC(=O)N2CCC(C3(Cc4ccccc4)NC(=O)NC3=O)CC2)n1. The van der Waals surface area contributed by atoms with Crippen molar-refractivity contribution in [3.05, 3.63) is 47.0 Å². The number of amides is 4. The zero-order valence-electron chi connectivity index (χ0n) is 16.7. The number of carbonyl (C=O) groups excluding carboxylic acids is 3. The molecule has 2 aliphatic heterocycles. The largest absolute Gasteiger partial charge is 0.342 e. The molecule has 2 fully saturated rings. The number of aromatic nitrogens is 1. The van der Waals surface area contributed by atoms with Gasteiger partial charge in [0.25, 0.3) is 5.91 Å². The van der Waals surface area contributed by atoms with E-state index in [4.69, 9.17) is 0 Å². The van der Waals surface area contributed by atoms with Crippen LogP contribution in [0.25, 0.3) is 0 Å². The molecule has 30 heavy (non-hydrogen) atoms. The predicted molar refractivity (Wildman–Crippen MR) is 116 cm³/mol. The molecule has 1 atom stereocenters. The summed E-state index contributed by atoms with van der Waals surface area (Å²) in [6.07, 6.45) is 1.80. The first-order chi connectivity index (χ1) is 14.5. The molecule has 1 aromatic heterocycles. The van der Waals surface area contributed by atoms with E-state index in [1.54, 1.807) is 11.3 Å². The number of imide groups is 1. The molecule has 1 unspecified atom stereocenters. The van der Waals surface area contributed by atoms with Gasteiger partial charge in [0.1, 0.15) is 5.54 Å². The zero-order valence-corrected chi connectivity index (χ0v) is 18.4. The van der Waals surface area contributed by atoms with Crippen molar-refractivity contribution in [3.8, 4) is 0 Å². The average Bonchev–Trinajstić information content (AvgIpc) is 3.29. The number of hydrogen-bond donors (Lipinski definition) is 2. The molecule has 2 aromatic rings. The lowest BCUT2D eigenvalue weighted by Gasteiger charge is -2.40. The molecule has 0 spiro atoms. The summed E-state index contributed by atoms with van der Waals surface area (Å²) >= 11 is 3.02. The number of nitrogens with zero attached hydrogens (tertiary/aromatic N) is 2. The van der Waals surface area contributed by atoms with Crippen molar-refractivity contribution in [2.24, 2.45) is 5.92 Å². The normalized spacial score (nSPS) is 22.1. The van der Waals surface area contributed by atoms with Crippen LogP contribution in [0.1, 0.15) is 24.1 Å². The first kappa shape index (κ1) is 20.9. The number of nitrogens with one attached hydrogen (secondary N) is 2. The number of hydrogen-bond acceptors (Lipinski definition) is 6. The van der Waals surface area contributed by atoms with Crippen LogP contribution in [0.15, 0.2) is 40.1 Å². The summed E-state index contributed by atoms with van der Waals surface area (Å²) in [6.45, 7) is 3.11. The summed E-state index contributed by atoms with van der Waals surface area (Å²) in [6, 6.07) is 9.29. The van der Waals surface area contributed by atoms with Crippen LogP contribution in [0.3, 0.4) is 0 Å². The number of urea groups is 1. The van der Waals surface area contributed by atoms with Crippen LogP contribution in [0.5, 0.6) is 0 Å². The predicted octanol–water partition coefficient (Wildman–Crippen LogP) is 2.60. The fourth-order valence-electron chi connectivity index (χ4n) is 4.21. The highest BCUT2D eigenvalue weighted by molar-refractivity contribution is 8.01. The van der Waals surface area contributed by atoms with E-state index >= 15 is 0 Å². The lowest BCUT2D eigenvalue weighted by Crippen LogP contribution is -2.58. The third-order valence-corrected chi connectivity index (χ3v) is 7.88. The molecule has 9 heteroatoms. The smallest absolute Gasteiger partial charge is 0.322 e. The van der Waals surface area contributed by atoms with Crippen molar-refractivity contribution in [2.75, 3.05) is 18.8 Å². The molecule has 1 aromatic carbocycles. The highest BCUT2D eigenvalue weighted by Gasteiger charge is 2.52. The fourth-order valence-corrected chi connectivity index (χ4v) is 5.97. The molecule has 2 N–H and O–H groups in total. The number of benzene rings is 1. The highest BCUT2D eigenvalue weighted by atomic mass is 32.2. The van der Waals surface area contributed by atoms with E-state index in [-0.39, 0.29) is 17.7 Å². The van der Waals surface area contributed by atoms with Gasteiger partial charge in [0.2, 0.25) is 5.91 Å². The maximum atomic E-state index is 12.8. The molecule has 3 heterocycles. The molecule has 7 nitrogen and oxygen atoms in total. The molecule has 4 rings (SSSR count). The van der Waals surface area contributed by atoms with Crippen molar-refractivity contribution >= 4 is 40.9 Å². The van der Waals surface area contributed by atoms with Crippen LogP contribution in [-0.4, -0.2) is 52.1 Å². The Morgan fingerprint density at radius 3 is 2.60 bits per heavy atom. The Balaban J connectivity index is 1.39. The standard InChI is InChI=1S/C21H24N4O3S2/c1-14-12-29-20(22-14)30-13-17(26)25-9-7-16(8-10-25)21(18(27)23-19(28)24-21)11-15-5-3-2-4-6-15/h2-6,12,16H,7-11,13H2,1H3,(H2,23,24,27,28). The Morgan fingerprint density at radius 2 is 2.00 bits per heavy atom. The van der Waals surface area contributed by atoms with Crippen molar-refractivity contribution in [3.63, 3.8) is 0 Å². The van der Waals surface area contributed by atoms with Gasteiger partial charge in [0, 0.05) is 30.6 Å². The lowest BCUT2D eigenvalue weighted by atomic mass is 9.74. The minimum Gasteiger partial charge on any atom is -0.342 e. The second kappa shape index (κ2) is 8.77. The summed E-state index contributed by atoms with van der Waals surface area (Å²) < 4.78 is 0.905. The van der Waals surface area contributed by atoms with Crippen LogP contribution in [0, 0.1) is 12.8 Å². The van der Waals surface area contributed by atoms with Gasteiger partial charge in [-0.1, -0.05) is 42.1 Å². The quantitative estimate of drug-likeness (QED) is 0.528. The average molecular weight is 445 g/mol. The van der Waals surface area contributed by atoms with Gasteiger partial charge < -0.3 is 10.2 Å². The molecule has 2 aliphatic rings. The molecular weight excluding hydrogens is 420 g/mol. The van der Waals surface area contributed by atoms with E-state index in [0.29, 0.717) is 38.1 Å². The van der Waals surface area contributed by atoms with Crippen molar-refractivity contribution in [2.45, 2.75) is 36.1 Å². The topological polar surface area (TPSA) is 91.4 Å². The van der Waals surface area contributed by atoms with Crippen LogP contribution >= 0.6 is 23.1 Å². The number of aryl methyl sites for hydroxylation is 1. The Hall–Kier alpha value is -2.39. The van der Waals surface area contributed by atoms with E-state index in [0.717, 1.165) is 15.6 Å². The van der Waals surface area contributed by atoms with Gasteiger partial charge in [-0.25, -0.2) is 9.78 Å². The minimum atomic E-state index is -0.958. The van der Waals surface area contributed by atoms with Crippen molar-refractivity contribution in [1.29, 1.82) is 0 Å². The number of thioether (sulfide) groups is 1. The molecule has 4 amide bonds. The van der Waals surface area contributed by atoms with E-state index in [1.165, 1.54) is 11.8 Å². The van der Waals surface area contributed by atoms with Crippen molar-refractivity contribution < 1.29 is 14.4 Å². The summed E-state index contributed by atoms with van der Waals surface area (Å²) in [7, 11) is 0. The second-order valence-corrected chi connectivity index (χ2v) is 9.82. The number of likely N-dealkylation sites (tertiary alicyclic amines) is 1. The Bertz CT molecular complexity index is 941. The molecule has 158 valence electrons. The van der Waals surface area contributed by atoms with Gasteiger partial charge in [-0.2, -0.15) is 0 Å². The Kier molecular flexibility index (Phi) is 6.10. The molecule has 0 aliphatic carbocycles. The molecule has 2 saturated heterocycles. The highest BCUT2D eigenvalue weighted by Crippen LogP contribution is 2.34. The van der Waals surface area contributed by atoms with E-state index in [1.807, 2.05) is 47.5 Å². The van der Waals surface area contributed by atoms with Crippen LogP contribution in [0.2, 0.25) is 0 Å². The molecule has 0 radical (unpaired) electrons. The van der Waals surface area contributed by atoms with Gasteiger partial charge in [0.15, 0.2) is 4.34 Å². The molecule has 0 bridgehead atoms. The van der Waals surface area contributed by atoms with E-state index < -0.39 is 11.6 Å². The Morgan fingerprint density at radius 1 is 1.27 bits per heavy atom. The number of piperidine rings is 1. The van der Waals surface area contributed by atoms with Crippen molar-refractivity contribution in [1.82, 2.24) is 20.5 Å². The summed E-state index contributed by atoms with van der Waals surface area (Å²) in [5, 5.41) is 7.31. The second-order valence-electron chi connectivity index (χ2n) is 7.74. The maximum Gasteiger partial charge on any atom is 0.322 e. The monoisotopic (exact) mass is 444 g/mol. The third-order valence-electron chi connectivity index (χ3n) is 5.76. The maximum absolute atomic E-state index is 12.8. The Labute approximate surface area is 183 Å². The fraction of sp³-hybridized carbons (Fsp3) is 0.429. The first-order valence-electron chi connectivity index (χ1n) is 9.96. The van der Waals surface area contributed by atoms with Crippen LogP contribution in [-0.2, 0) is 16.0 Å². The summed E-state index contributed by atoms with van der Waals surface area (Å²) in [5.41, 5.74) is 1.01. The van der Waals surface area contributed by atoms with Gasteiger partial charge in [-0.05, 0) is 31.2 Å². The van der Waals surface area contributed by atoms with Gasteiger partial charge in [-0.15, -0.1) is 11.3 Å². The number of carbonyl (C=O) groups is 3. The zero-order chi connectivity index (χ0) is 21.1. The number of thiazole rings is 1.